The molecule has 0 radical (unpaired) electrons. The number of isocyanates is 1. The van der Waals surface area contributed by atoms with Crippen LogP contribution in [-0.4, -0.2) is 19.3 Å². The van der Waals surface area contributed by atoms with Crippen LogP contribution in [0.4, 0.5) is 0 Å². The van der Waals surface area contributed by atoms with Gasteiger partial charge in [0.05, 0.1) is 19.8 Å². The first kappa shape index (κ1) is 9.13. The van der Waals surface area contributed by atoms with E-state index >= 15 is 0 Å². The molecule has 0 aromatic heterocycles. The predicted octanol–water partition coefficient (Wildman–Crippen LogP) is 1.64. The van der Waals surface area contributed by atoms with E-state index in [1.165, 1.54) is 11.6 Å². The number of benzene rings is 1. The maximum atomic E-state index is 9.90. The summed E-state index contributed by atoms with van der Waals surface area (Å²) < 4.78 is 5.11. The molecule has 0 atom stereocenters. The average molecular weight is 189 g/mol. The van der Waals surface area contributed by atoms with Gasteiger partial charge in [-0.25, -0.2) is 9.79 Å². The normalized spacial score (nSPS) is 15.7. The summed E-state index contributed by atoms with van der Waals surface area (Å²) in [6, 6.07) is 8.13. The van der Waals surface area contributed by atoms with Crippen molar-refractivity contribution in [3.05, 3.63) is 35.4 Å². The molecule has 0 saturated carbocycles. The highest BCUT2D eigenvalue weighted by Crippen LogP contribution is 2.23. The molecule has 0 N–H and O–H groups in total. The van der Waals surface area contributed by atoms with E-state index in [1.807, 2.05) is 12.1 Å². The average Bonchev–Trinajstić information content (AvgIpc) is 2.14. The van der Waals surface area contributed by atoms with Gasteiger partial charge in [-0.3, -0.25) is 0 Å². The van der Waals surface area contributed by atoms with Crippen LogP contribution in [-0.2, 0) is 16.1 Å². The standard InChI is InChI=1S/C11H11NO2/c13-8-12-5-9-1-3-10(4-2-9)11-6-14-7-11/h1-4,11H,5-7H2. The summed E-state index contributed by atoms with van der Waals surface area (Å²) in [5.74, 6) is 0.554. The van der Waals surface area contributed by atoms with Crippen molar-refractivity contribution in [2.45, 2.75) is 12.5 Å². The summed E-state index contributed by atoms with van der Waals surface area (Å²) in [4.78, 5) is 13.4. The van der Waals surface area contributed by atoms with Gasteiger partial charge in [0.25, 0.3) is 0 Å². The van der Waals surface area contributed by atoms with Crippen molar-refractivity contribution in [2.24, 2.45) is 4.99 Å². The summed E-state index contributed by atoms with van der Waals surface area (Å²) >= 11 is 0. The first-order valence-electron chi connectivity index (χ1n) is 4.60. The monoisotopic (exact) mass is 189 g/mol. The van der Waals surface area contributed by atoms with Gasteiger partial charge < -0.3 is 4.74 Å². The molecule has 1 saturated heterocycles. The molecule has 1 aliphatic heterocycles. The Morgan fingerprint density at radius 1 is 1.36 bits per heavy atom. The fourth-order valence-corrected chi connectivity index (χ4v) is 1.45. The summed E-state index contributed by atoms with van der Waals surface area (Å²) in [6.45, 7) is 2.07. The van der Waals surface area contributed by atoms with Crippen LogP contribution in [0.5, 0.6) is 0 Å². The van der Waals surface area contributed by atoms with Gasteiger partial charge in [0.2, 0.25) is 6.08 Å². The van der Waals surface area contributed by atoms with Gasteiger partial charge in [-0.15, -0.1) is 0 Å². The third-order valence-electron chi connectivity index (χ3n) is 2.42. The van der Waals surface area contributed by atoms with Crippen LogP contribution >= 0.6 is 0 Å². The number of hydrogen-bond acceptors (Lipinski definition) is 3. The van der Waals surface area contributed by atoms with Crippen LogP contribution in [0.15, 0.2) is 29.3 Å². The van der Waals surface area contributed by atoms with Crippen molar-refractivity contribution in [1.29, 1.82) is 0 Å². The van der Waals surface area contributed by atoms with E-state index in [-0.39, 0.29) is 0 Å². The van der Waals surface area contributed by atoms with Crippen LogP contribution in [0.2, 0.25) is 0 Å². The third kappa shape index (κ3) is 1.90. The number of rotatable bonds is 3. The zero-order chi connectivity index (χ0) is 9.80. The Hall–Kier alpha value is -1.44. The SMILES string of the molecule is O=C=NCc1ccc(C2COC2)cc1. The van der Waals surface area contributed by atoms with Crippen molar-refractivity contribution >= 4 is 6.08 Å². The van der Waals surface area contributed by atoms with Crippen molar-refractivity contribution in [1.82, 2.24) is 0 Å². The third-order valence-corrected chi connectivity index (χ3v) is 2.42. The quantitative estimate of drug-likeness (QED) is 0.535. The maximum Gasteiger partial charge on any atom is 0.235 e. The fourth-order valence-electron chi connectivity index (χ4n) is 1.45. The minimum absolute atomic E-state index is 0.422. The molecule has 1 heterocycles. The number of aliphatic imine (C=N–C) groups is 1. The minimum Gasteiger partial charge on any atom is -0.380 e. The molecule has 1 aliphatic rings. The first-order valence-corrected chi connectivity index (χ1v) is 4.60. The predicted molar refractivity (Wildman–Crippen MR) is 51.8 cm³/mol. The smallest absolute Gasteiger partial charge is 0.235 e. The molecule has 0 aliphatic carbocycles. The number of ether oxygens (including phenoxy) is 1. The molecule has 0 bridgehead atoms. The molecule has 0 amide bonds. The second kappa shape index (κ2) is 4.18. The van der Waals surface area contributed by atoms with Gasteiger partial charge >= 0.3 is 0 Å². The molecular weight excluding hydrogens is 178 g/mol. The lowest BCUT2D eigenvalue weighted by Crippen LogP contribution is -2.24. The molecule has 1 aromatic rings. The molecular formula is C11H11NO2. The molecule has 3 heteroatoms. The molecule has 3 nitrogen and oxygen atoms in total. The Morgan fingerprint density at radius 2 is 2.07 bits per heavy atom. The first-order chi connectivity index (χ1) is 6.90. The van der Waals surface area contributed by atoms with E-state index in [9.17, 15) is 4.79 Å². The Balaban J connectivity index is 2.05. The van der Waals surface area contributed by atoms with Gasteiger partial charge in [-0.05, 0) is 11.1 Å². The number of nitrogens with zero attached hydrogens (tertiary/aromatic N) is 1. The van der Waals surface area contributed by atoms with E-state index in [1.54, 1.807) is 0 Å². The minimum atomic E-state index is 0.422. The van der Waals surface area contributed by atoms with E-state index in [0.717, 1.165) is 18.8 Å². The Morgan fingerprint density at radius 3 is 2.57 bits per heavy atom. The van der Waals surface area contributed by atoms with Gasteiger partial charge in [-0.1, -0.05) is 24.3 Å². The highest BCUT2D eigenvalue weighted by atomic mass is 16.5. The van der Waals surface area contributed by atoms with Crippen LogP contribution in [0.25, 0.3) is 0 Å². The number of carbonyl (C=O) groups excluding carboxylic acids is 1. The lowest BCUT2D eigenvalue weighted by Gasteiger charge is -2.26. The highest BCUT2D eigenvalue weighted by molar-refractivity contribution is 5.34. The van der Waals surface area contributed by atoms with Gasteiger partial charge in [0.1, 0.15) is 0 Å². The van der Waals surface area contributed by atoms with Crippen molar-refractivity contribution in [3.63, 3.8) is 0 Å². The van der Waals surface area contributed by atoms with Crippen LogP contribution in [0.3, 0.4) is 0 Å². The molecule has 0 spiro atoms. The topological polar surface area (TPSA) is 38.7 Å². The number of hydrogen-bond donors (Lipinski definition) is 0. The van der Waals surface area contributed by atoms with Gasteiger partial charge in [0, 0.05) is 5.92 Å². The summed E-state index contributed by atoms with van der Waals surface area (Å²) in [5.41, 5.74) is 2.34. The summed E-state index contributed by atoms with van der Waals surface area (Å²) in [5, 5.41) is 0. The van der Waals surface area contributed by atoms with E-state index in [2.05, 4.69) is 17.1 Å². The largest absolute Gasteiger partial charge is 0.380 e. The highest BCUT2D eigenvalue weighted by Gasteiger charge is 2.19. The van der Waals surface area contributed by atoms with E-state index in [4.69, 9.17) is 4.74 Å². The zero-order valence-electron chi connectivity index (χ0n) is 7.77. The van der Waals surface area contributed by atoms with Crippen molar-refractivity contribution < 1.29 is 9.53 Å². The molecule has 0 unspecified atom stereocenters. The molecule has 72 valence electrons. The fraction of sp³-hybridized carbons (Fsp3) is 0.364. The van der Waals surface area contributed by atoms with Crippen molar-refractivity contribution in [3.8, 4) is 0 Å². The Bertz CT molecular complexity index is 348. The molecule has 2 rings (SSSR count). The van der Waals surface area contributed by atoms with Gasteiger partial charge in [0.15, 0.2) is 0 Å². The second-order valence-corrected chi connectivity index (χ2v) is 3.38. The van der Waals surface area contributed by atoms with Crippen LogP contribution in [0.1, 0.15) is 17.0 Å². The second-order valence-electron chi connectivity index (χ2n) is 3.38. The zero-order valence-corrected chi connectivity index (χ0v) is 7.77. The van der Waals surface area contributed by atoms with Gasteiger partial charge in [-0.2, -0.15) is 0 Å². The van der Waals surface area contributed by atoms with Crippen LogP contribution in [0, 0.1) is 0 Å². The Labute approximate surface area is 82.4 Å². The van der Waals surface area contributed by atoms with Crippen LogP contribution < -0.4 is 0 Å². The molecule has 14 heavy (non-hydrogen) atoms. The summed E-state index contributed by atoms with van der Waals surface area (Å²) in [6.07, 6.45) is 1.53. The molecule has 1 fully saturated rings. The Kier molecular flexibility index (Phi) is 2.73. The van der Waals surface area contributed by atoms with Crippen molar-refractivity contribution in [2.75, 3.05) is 13.2 Å². The van der Waals surface area contributed by atoms with E-state index < -0.39 is 0 Å². The summed E-state index contributed by atoms with van der Waals surface area (Å²) in [7, 11) is 0. The van der Waals surface area contributed by atoms with E-state index in [0.29, 0.717) is 12.5 Å². The molecule has 1 aromatic carbocycles. The lowest BCUT2D eigenvalue weighted by atomic mass is 9.97. The lowest BCUT2D eigenvalue weighted by molar-refractivity contribution is 0.00842. The maximum absolute atomic E-state index is 9.90.